The summed E-state index contributed by atoms with van der Waals surface area (Å²) in [4.78, 5) is 14.1. The van der Waals surface area contributed by atoms with E-state index in [0.29, 0.717) is 51.7 Å². The third kappa shape index (κ3) is 7.00. The maximum Gasteiger partial charge on any atom is 0.416 e. The number of carbonyl (C=O) groups excluding carboxylic acids is 1. The van der Waals surface area contributed by atoms with E-state index in [2.05, 4.69) is 5.32 Å². The maximum absolute atomic E-state index is 13.1. The van der Waals surface area contributed by atoms with Crippen LogP contribution in [0.3, 0.4) is 0 Å². The molecule has 6 nitrogen and oxygen atoms in total. The van der Waals surface area contributed by atoms with Gasteiger partial charge in [-0.1, -0.05) is 0 Å². The van der Waals surface area contributed by atoms with Gasteiger partial charge in [0.05, 0.1) is 43.3 Å². The summed E-state index contributed by atoms with van der Waals surface area (Å²) in [5, 5.41) is 4.45. The Morgan fingerprint density at radius 3 is 2.74 bits per heavy atom. The fourth-order valence-corrected chi connectivity index (χ4v) is 2.80. The second-order valence-electron chi connectivity index (χ2n) is 6.21. The molecule has 2 rings (SSSR count). The van der Waals surface area contributed by atoms with E-state index in [1.165, 1.54) is 6.07 Å². The van der Waals surface area contributed by atoms with Crippen LogP contribution in [0.2, 0.25) is 0 Å². The van der Waals surface area contributed by atoms with Crippen LogP contribution in [0.1, 0.15) is 18.9 Å². The van der Waals surface area contributed by atoms with Crippen molar-refractivity contribution >= 4 is 17.3 Å². The number of benzene rings is 1. The van der Waals surface area contributed by atoms with Gasteiger partial charge in [-0.25, -0.2) is 0 Å². The van der Waals surface area contributed by atoms with E-state index in [1.54, 1.807) is 0 Å². The average Bonchev–Trinajstić information content (AvgIpc) is 2.64. The number of carbonyl (C=O) groups is 1. The molecule has 0 atom stereocenters. The first kappa shape index (κ1) is 21.5. The number of halogens is 3. The molecule has 0 spiro atoms. The monoisotopic (exact) mass is 390 g/mol. The lowest BCUT2D eigenvalue weighted by atomic mass is 10.1. The minimum absolute atomic E-state index is 0.144. The van der Waals surface area contributed by atoms with E-state index in [9.17, 15) is 18.0 Å². The molecular weight excluding hydrogens is 363 g/mol. The van der Waals surface area contributed by atoms with Crippen LogP contribution >= 0.6 is 0 Å². The molecule has 0 saturated carbocycles. The first-order valence-corrected chi connectivity index (χ1v) is 9.15. The molecule has 1 aliphatic heterocycles. The molecule has 1 fully saturated rings. The summed E-state index contributed by atoms with van der Waals surface area (Å²) in [7, 11) is 0. The Balaban J connectivity index is 2.01. The van der Waals surface area contributed by atoms with E-state index in [-0.39, 0.29) is 18.1 Å². The van der Waals surface area contributed by atoms with E-state index in [1.807, 2.05) is 17.1 Å². The van der Waals surface area contributed by atoms with Gasteiger partial charge < -0.3 is 25.0 Å². The predicted octanol–water partition coefficient (Wildman–Crippen LogP) is 1.47. The summed E-state index contributed by atoms with van der Waals surface area (Å²) >= 11 is 0. The Morgan fingerprint density at radius 1 is 1.33 bits per heavy atom. The summed E-state index contributed by atoms with van der Waals surface area (Å²) < 4.78 is 49.7. The first-order valence-electron chi connectivity index (χ1n) is 9.15. The number of ether oxygens (including phenoxy) is 2. The highest BCUT2D eigenvalue weighted by atomic mass is 19.4. The van der Waals surface area contributed by atoms with Gasteiger partial charge in [0.2, 0.25) is 0 Å². The number of hydrogen-bond acceptors (Lipinski definition) is 4. The van der Waals surface area contributed by atoms with E-state index in [4.69, 9.17) is 9.47 Å². The second kappa shape index (κ2) is 10.5. The molecule has 0 aliphatic carbocycles. The van der Waals surface area contributed by atoms with Crippen LogP contribution in [-0.2, 0) is 20.4 Å². The lowest BCUT2D eigenvalue weighted by Gasteiger charge is -2.31. The van der Waals surface area contributed by atoms with Crippen LogP contribution in [0.15, 0.2) is 18.2 Å². The van der Waals surface area contributed by atoms with Crippen molar-refractivity contribution in [2.45, 2.75) is 19.5 Å². The molecule has 0 unspecified atom stereocenters. The van der Waals surface area contributed by atoms with Crippen molar-refractivity contribution in [2.24, 2.45) is 0 Å². The molecule has 1 amide bonds. The molecule has 9 heteroatoms. The zero-order chi connectivity index (χ0) is 19.7. The lowest BCUT2D eigenvalue weighted by Crippen LogP contribution is -2.86. The van der Waals surface area contributed by atoms with Gasteiger partial charge in [-0.3, -0.25) is 4.79 Å². The topological polar surface area (TPSA) is 67.4 Å². The van der Waals surface area contributed by atoms with Crippen LogP contribution in [0.5, 0.6) is 0 Å². The largest absolute Gasteiger partial charge is 0.416 e. The number of morpholine rings is 1. The molecular formula is C18H27F3N3O3+. The minimum atomic E-state index is -4.46. The van der Waals surface area contributed by atoms with Gasteiger partial charge in [-0.05, 0) is 25.1 Å². The quantitative estimate of drug-likeness (QED) is 0.627. The molecule has 0 bridgehead atoms. The van der Waals surface area contributed by atoms with Crippen LogP contribution in [0.25, 0.3) is 0 Å². The number of alkyl halides is 3. The van der Waals surface area contributed by atoms with Crippen molar-refractivity contribution in [1.82, 2.24) is 0 Å². The Bertz CT molecular complexity index is 605. The smallest absolute Gasteiger partial charge is 0.382 e. The van der Waals surface area contributed by atoms with Crippen molar-refractivity contribution < 1.29 is 32.8 Å². The molecule has 152 valence electrons. The summed E-state index contributed by atoms with van der Waals surface area (Å²) in [6.45, 7) is 6.19. The van der Waals surface area contributed by atoms with E-state index < -0.39 is 11.7 Å². The van der Waals surface area contributed by atoms with Gasteiger partial charge in [0, 0.05) is 26.1 Å². The van der Waals surface area contributed by atoms with Crippen LogP contribution in [0.4, 0.5) is 24.5 Å². The van der Waals surface area contributed by atoms with Crippen molar-refractivity contribution in [3.05, 3.63) is 23.8 Å². The van der Waals surface area contributed by atoms with Gasteiger partial charge in [0.25, 0.3) is 5.91 Å². The molecule has 1 aromatic carbocycles. The highest BCUT2D eigenvalue weighted by molar-refractivity contribution is 5.95. The molecule has 0 aromatic heterocycles. The Labute approximate surface area is 157 Å². The SMILES string of the molecule is CCOCCC[NH2+]CC(=O)Nc1cc(C(F)(F)F)ccc1N1CCOCC1. The van der Waals surface area contributed by atoms with Crippen molar-refractivity contribution in [2.75, 3.05) is 62.8 Å². The van der Waals surface area contributed by atoms with Crippen molar-refractivity contribution in [3.8, 4) is 0 Å². The summed E-state index contributed by atoms with van der Waals surface area (Å²) in [6, 6.07) is 3.45. The number of quaternary nitrogens is 1. The molecule has 1 saturated heterocycles. The minimum Gasteiger partial charge on any atom is -0.382 e. The Hall–Kier alpha value is -1.84. The molecule has 1 aromatic rings. The van der Waals surface area contributed by atoms with E-state index >= 15 is 0 Å². The van der Waals surface area contributed by atoms with Gasteiger partial charge in [0.15, 0.2) is 6.54 Å². The molecule has 27 heavy (non-hydrogen) atoms. The third-order valence-electron chi connectivity index (χ3n) is 4.18. The van der Waals surface area contributed by atoms with Crippen molar-refractivity contribution in [3.63, 3.8) is 0 Å². The first-order chi connectivity index (χ1) is 12.9. The number of anilines is 2. The third-order valence-corrected chi connectivity index (χ3v) is 4.18. The number of nitrogens with one attached hydrogen (secondary N) is 1. The fourth-order valence-electron chi connectivity index (χ4n) is 2.80. The normalized spacial score (nSPS) is 15.0. The maximum atomic E-state index is 13.1. The van der Waals surface area contributed by atoms with Crippen LogP contribution in [-0.4, -0.2) is 58.5 Å². The summed E-state index contributed by atoms with van der Waals surface area (Å²) in [6.07, 6.45) is -3.65. The highest BCUT2D eigenvalue weighted by Gasteiger charge is 2.32. The number of hydrogen-bond donors (Lipinski definition) is 2. The molecule has 0 radical (unpaired) electrons. The number of amides is 1. The van der Waals surface area contributed by atoms with Crippen LogP contribution < -0.4 is 15.5 Å². The Morgan fingerprint density at radius 2 is 2.07 bits per heavy atom. The average molecular weight is 390 g/mol. The summed E-state index contributed by atoms with van der Waals surface area (Å²) in [5.74, 6) is -0.333. The Kier molecular flexibility index (Phi) is 8.33. The van der Waals surface area contributed by atoms with Gasteiger partial charge >= 0.3 is 6.18 Å². The van der Waals surface area contributed by atoms with Gasteiger partial charge in [-0.15, -0.1) is 0 Å². The second-order valence-corrected chi connectivity index (χ2v) is 6.21. The standard InChI is InChI=1S/C18H26F3N3O3/c1-2-26-9-3-6-22-13-17(25)23-15-12-14(18(19,20)21)4-5-16(15)24-7-10-27-11-8-24/h4-5,12,22H,2-3,6-11,13H2,1H3,(H,23,25)/p+1. The lowest BCUT2D eigenvalue weighted by molar-refractivity contribution is -0.644. The van der Waals surface area contributed by atoms with Crippen molar-refractivity contribution in [1.29, 1.82) is 0 Å². The molecule has 1 aliphatic rings. The number of nitrogens with two attached hydrogens (primary N) is 1. The molecule has 3 N–H and O–H groups in total. The number of nitrogens with zero attached hydrogens (tertiary/aromatic N) is 1. The highest BCUT2D eigenvalue weighted by Crippen LogP contribution is 2.35. The predicted molar refractivity (Wildman–Crippen MR) is 95.9 cm³/mol. The molecule has 1 heterocycles. The zero-order valence-corrected chi connectivity index (χ0v) is 15.5. The number of rotatable bonds is 9. The van der Waals surface area contributed by atoms with Gasteiger partial charge in [-0.2, -0.15) is 13.2 Å². The zero-order valence-electron chi connectivity index (χ0n) is 15.5. The van der Waals surface area contributed by atoms with E-state index in [0.717, 1.165) is 18.6 Å². The van der Waals surface area contributed by atoms with Crippen LogP contribution in [0, 0.1) is 0 Å². The fraction of sp³-hybridized carbons (Fsp3) is 0.611. The summed E-state index contributed by atoms with van der Waals surface area (Å²) in [5.41, 5.74) is -0.0223. The van der Waals surface area contributed by atoms with Gasteiger partial charge in [0.1, 0.15) is 0 Å².